The fraction of sp³-hybridized carbons (Fsp3) is 0.250. The second-order valence-corrected chi connectivity index (χ2v) is 12.6. The van der Waals surface area contributed by atoms with Gasteiger partial charge in [0.05, 0.1) is 56.0 Å². The summed E-state index contributed by atoms with van der Waals surface area (Å²) in [6.45, 7) is 2.87. The number of likely N-dealkylation sites (N-methyl/N-ethyl adjacent to an activating group) is 1. The molecular weight excluding hydrogens is 635 g/mol. The first kappa shape index (κ1) is 33.2. The number of aromatic nitrogens is 4. The summed E-state index contributed by atoms with van der Waals surface area (Å²) >= 11 is 0. The van der Waals surface area contributed by atoms with E-state index in [9.17, 15) is 28.0 Å². The molecule has 3 heterocycles. The standard InChI is InChI=1S/C36H32F3N7O3/c1-22-31(33(47)49-4)32(45-34(42-43-35(45)48)44(22)27-10-6-9-26(19-27)36(37,38)39)29-14-13-23(20-40)18-24(29)15-17-46(2,3)21-25-8-5-12-30-28(25)11-7-16-41-30/h5-14,16,18-19,32H,15,17,21H2,1-4H3/p+1/t32-/m1/s1. The molecule has 6 rings (SSSR count). The number of nitrogens with zero attached hydrogens (tertiary/aromatic N) is 6. The number of allylic oxidation sites excluding steroid dienone is 1. The average molecular weight is 669 g/mol. The number of rotatable bonds is 8. The molecule has 0 saturated heterocycles. The lowest BCUT2D eigenvalue weighted by Gasteiger charge is -2.36. The van der Waals surface area contributed by atoms with Gasteiger partial charge < -0.3 is 9.22 Å². The highest BCUT2D eigenvalue weighted by atomic mass is 19.4. The predicted molar refractivity (Wildman–Crippen MR) is 177 cm³/mol. The van der Waals surface area contributed by atoms with E-state index < -0.39 is 29.4 Å². The Morgan fingerprint density at radius 2 is 1.84 bits per heavy atom. The zero-order valence-corrected chi connectivity index (χ0v) is 27.2. The highest BCUT2D eigenvalue weighted by Gasteiger charge is 2.41. The maximum atomic E-state index is 13.7. The van der Waals surface area contributed by atoms with E-state index in [0.29, 0.717) is 35.1 Å². The molecule has 13 heteroatoms. The van der Waals surface area contributed by atoms with Crippen LogP contribution < -0.4 is 10.6 Å². The van der Waals surface area contributed by atoms with Gasteiger partial charge in [0, 0.05) is 35.0 Å². The molecule has 1 aliphatic heterocycles. The Morgan fingerprint density at radius 3 is 2.57 bits per heavy atom. The Morgan fingerprint density at radius 1 is 1.06 bits per heavy atom. The Bertz CT molecular complexity index is 2210. The second kappa shape index (κ2) is 12.7. The van der Waals surface area contributed by atoms with Gasteiger partial charge in [-0.1, -0.05) is 30.3 Å². The molecule has 0 radical (unpaired) electrons. The summed E-state index contributed by atoms with van der Waals surface area (Å²) in [5.74, 6) is -0.773. The number of pyridine rings is 1. The van der Waals surface area contributed by atoms with Crippen LogP contribution in [0.1, 0.15) is 40.8 Å². The summed E-state index contributed by atoms with van der Waals surface area (Å²) in [7, 11) is 5.39. The van der Waals surface area contributed by atoms with Crippen molar-refractivity contribution in [3.8, 4) is 6.07 Å². The summed E-state index contributed by atoms with van der Waals surface area (Å²) in [5.41, 5.74) is 2.44. The van der Waals surface area contributed by atoms with E-state index in [1.54, 1.807) is 31.3 Å². The van der Waals surface area contributed by atoms with Gasteiger partial charge in [-0.25, -0.2) is 19.3 Å². The highest BCUT2D eigenvalue weighted by Crippen LogP contribution is 2.43. The first-order chi connectivity index (χ1) is 23.3. The van der Waals surface area contributed by atoms with Crippen LogP contribution in [0.5, 0.6) is 0 Å². The van der Waals surface area contributed by atoms with Crippen LogP contribution in [0.4, 0.5) is 24.8 Å². The van der Waals surface area contributed by atoms with Crippen molar-refractivity contribution in [2.45, 2.75) is 32.1 Å². The molecule has 0 aliphatic carbocycles. The number of nitrogens with one attached hydrogen (secondary N) is 1. The Labute approximate surface area is 279 Å². The molecule has 3 aromatic carbocycles. The molecule has 2 aromatic heterocycles. The van der Waals surface area contributed by atoms with E-state index in [1.165, 1.54) is 28.7 Å². The number of carbonyl (C=O) groups excluding carboxylic acids is 1. The van der Waals surface area contributed by atoms with E-state index in [1.807, 2.05) is 24.3 Å². The number of H-pyrrole nitrogens is 1. The van der Waals surface area contributed by atoms with Crippen LogP contribution in [0, 0.1) is 11.3 Å². The molecule has 10 nitrogen and oxygen atoms in total. The van der Waals surface area contributed by atoms with Gasteiger partial charge in [0.2, 0.25) is 5.95 Å². The lowest BCUT2D eigenvalue weighted by molar-refractivity contribution is -0.903. The number of aromatic amines is 1. The van der Waals surface area contributed by atoms with Crippen molar-refractivity contribution in [3.63, 3.8) is 0 Å². The number of ether oxygens (including phenoxy) is 1. The van der Waals surface area contributed by atoms with E-state index in [-0.39, 0.29) is 22.9 Å². The summed E-state index contributed by atoms with van der Waals surface area (Å²) in [6, 6.07) is 20.7. The van der Waals surface area contributed by atoms with Gasteiger partial charge >= 0.3 is 17.8 Å². The van der Waals surface area contributed by atoms with Gasteiger partial charge in [-0.3, -0.25) is 9.88 Å². The first-order valence-electron chi connectivity index (χ1n) is 15.4. The van der Waals surface area contributed by atoms with Crippen LogP contribution in [0.3, 0.4) is 0 Å². The van der Waals surface area contributed by atoms with Crippen molar-refractivity contribution in [3.05, 3.63) is 129 Å². The molecular formula is C36H33F3N7O3+. The number of methoxy groups -OCH3 is 1. The lowest BCUT2D eigenvalue weighted by Crippen LogP contribution is -2.41. The molecule has 0 amide bonds. The summed E-state index contributed by atoms with van der Waals surface area (Å²) in [5, 5.41) is 17.5. The van der Waals surface area contributed by atoms with Crippen molar-refractivity contribution < 1.29 is 27.2 Å². The van der Waals surface area contributed by atoms with Crippen LogP contribution >= 0.6 is 0 Å². The minimum atomic E-state index is -4.63. The third kappa shape index (κ3) is 6.30. The minimum absolute atomic E-state index is 0.00420. The number of quaternary nitrogens is 1. The molecule has 250 valence electrons. The summed E-state index contributed by atoms with van der Waals surface area (Å²) in [6.07, 6.45) is -2.41. The zero-order valence-electron chi connectivity index (χ0n) is 27.2. The SMILES string of the molecule is COC(=O)C1=C(C)N(c2cccc(C(F)(F)F)c2)c2n[nH]c(=O)n2[C@@H]1c1ccc(C#N)cc1CC[N+](C)(C)Cc1cccc2ncccc12. The minimum Gasteiger partial charge on any atom is -0.466 e. The number of nitriles is 1. The van der Waals surface area contributed by atoms with Crippen molar-refractivity contribution >= 4 is 28.5 Å². The van der Waals surface area contributed by atoms with Crippen molar-refractivity contribution in [1.82, 2.24) is 19.7 Å². The van der Waals surface area contributed by atoms with Crippen molar-refractivity contribution in [2.24, 2.45) is 0 Å². The molecule has 5 aromatic rings. The largest absolute Gasteiger partial charge is 0.466 e. The number of benzene rings is 3. The number of esters is 1. The third-order valence-electron chi connectivity index (χ3n) is 8.87. The molecule has 1 atom stereocenters. The average Bonchev–Trinajstić information content (AvgIpc) is 3.46. The Kier molecular flexibility index (Phi) is 8.60. The van der Waals surface area contributed by atoms with Gasteiger partial charge in [0.25, 0.3) is 0 Å². The van der Waals surface area contributed by atoms with Gasteiger partial charge in [-0.15, -0.1) is 5.10 Å². The van der Waals surface area contributed by atoms with Crippen molar-refractivity contribution in [2.75, 3.05) is 32.6 Å². The molecule has 0 unspecified atom stereocenters. The van der Waals surface area contributed by atoms with Gasteiger partial charge in [0.1, 0.15) is 12.6 Å². The Balaban J connectivity index is 1.44. The van der Waals surface area contributed by atoms with Crippen LogP contribution in [0.15, 0.2) is 95.1 Å². The molecule has 1 N–H and O–H groups in total. The summed E-state index contributed by atoms with van der Waals surface area (Å²) < 4.78 is 48.2. The molecule has 49 heavy (non-hydrogen) atoms. The topological polar surface area (TPSA) is 117 Å². The van der Waals surface area contributed by atoms with Crippen LogP contribution in [-0.4, -0.2) is 58.0 Å². The lowest BCUT2D eigenvalue weighted by atomic mass is 9.89. The van der Waals surface area contributed by atoms with Gasteiger partial charge in [-0.2, -0.15) is 18.4 Å². The highest BCUT2D eigenvalue weighted by molar-refractivity contribution is 5.93. The smallest absolute Gasteiger partial charge is 0.416 e. The normalized spacial score (nSPS) is 14.9. The third-order valence-corrected chi connectivity index (χ3v) is 8.87. The maximum Gasteiger partial charge on any atom is 0.416 e. The second-order valence-electron chi connectivity index (χ2n) is 12.6. The number of anilines is 2. The monoisotopic (exact) mass is 668 g/mol. The number of alkyl halides is 3. The van der Waals surface area contributed by atoms with E-state index in [2.05, 4.69) is 41.4 Å². The number of hydrogen-bond acceptors (Lipinski definition) is 7. The quantitative estimate of drug-likeness (QED) is 0.159. The molecule has 0 spiro atoms. The van der Waals surface area contributed by atoms with Crippen LogP contribution in [0.2, 0.25) is 0 Å². The molecule has 1 aliphatic rings. The zero-order chi connectivity index (χ0) is 35.1. The maximum absolute atomic E-state index is 13.7. The predicted octanol–water partition coefficient (Wildman–Crippen LogP) is 6.02. The Hall–Kier alpha value is -5.74. The van der Waals surface area contributed by atoms with Crippen LogP contribution in [0.25, 0.3) is 10.9 Å². The number of hydrogen-bond donors (Lipinski definition) is 1. The number of carbonyl (C=O) groups is 1. The fourth-order valence-corrected chi connectivity index (χ4v) is 6.51. The van der Waals surface area contributed by atoms with Gasteiger partial charge in [-0.05, 0) is 60.5 Å². The van der Waals surface area contributed by atoms with Crippen molar-refractivity contribution in [1.29, 1.82) is 5.26 Å². The number of fused-ring (bicyclic) bond motifs is 2. The molecule has 0 saturated carbocycles. The first-order valence-corrected chi connectivity index (χ1v) is 15.4. The fourth-order valence-electron chi connectivity index (χ4n) is 6.51. The summed E-state index contributed by atoms with van der Waals surface area (Å²) in [4.78, 5) is 32.9. The molecule has 0 fully saturated rings. The van der Waals surface area contributed by atoms with E-state index in [0.717, 1.165) is 34.2 Å². The van der Waals surface area contributed by atoms with E-state index in [4.69, 9.17) is 4.74 Å². The van der Waals surface area contributed by atoms with E-state index >= 15 is 0 Å². The number of halogens is 3. The van der Waals surface area contributed by atoms with Crippen LogP contribution in [-0.2, 0) is 28.7 Å². The molecule has 0 bridgehead atoms. The van der Waals surface area contributed by atoms with Gasteiger partial charge in [0.15, 0.2) is 0 Å².